The molecule has 2 unspecified atom stereocenters. The predicted molar refractivity (Wildman–Crippen MR) is 54.2 cm³/mol. The largest absolute Gasteiger partial charge is 0.508 e. The van der Waals surface area contributed by atoms with E-state index in [1.807, 2.05) is 0 Å². The number of aromatic hydroxyl groups is 1. The normalized spacial score (nSPS) is 14.3. The maximum Gasteiger partial charge on any atom is 0.311 e. The van der Waals surface area contributed by atoms with E-state index in [0.717, 1.165) is 0 Å². The Morgan fingerprint density at radius 2 is 2.13 bits per heavy atom. The van der Waals surface area contributed by atoms with Gasteiger partial charge in [-0.15, -0.1) is 0 Å². The van der Waals surface area contributed by atoms with Crippen LogP contribution in [0.15, 0.2) is 24.3 Å². The summed E-state index contributed by atoms with van der Waals surface area (Å²) in [5.41, 5.74) is 0.493. The zero-order valence-electron chi connectivity index (χ0n) is 8.68. The van der Waals surface area contributed by atoms with Crippen LogP contribution in [-0.4, -0.2) is 23.3 Å². The number of phenols is 1. The number of carbonyl (C=O) groups is 1. The van der Waals surface area contributed by atoms with Crippen LogP contribution in [0.1, 0.15) is 18.6 Å². The molecule has 1 rings (SSSR count). The van der Waals surface area contributed by atoms with Crippen LogP contribution in [0.4, 0.5) is 0 Å². The zero-order valence-corrected chi connectivity index (χ0v) is 8.68. The number of methoxy groups -OCH3 is 1. The van der Waals surface area contributed by atoms with Gasteiger partial charge in [-0.3, -0.25) is 4.79 Å². The predicted octanol–water partition coefficient (Wildman–Crippen LogP) is 1.23. The second-order valence-electron chi connectivity index (χ2n) is 3.35. The number of ether oxygens (including phenoxy) is 1. The van der Waals surface area contributed by atoms with E-state index in [4.69, 9.17) is 0 Å². The van der Waals surface area contributed by atoms with E-state index in [1.54, 1.807) is 19.1 Å². The van der Waals surface area contributed by atoms with Crippen LogP contribution in [-0.2, 0) is 9.53 Å². The van der Waals surface area contributed by atoms with Crippen LogP contribution in [0.2, 0.25) is 0 Å². The van der Waals surface area contributed by atoms with Gasteiger partial charge < -0.3 is 14.9 Å². The van der Waals surface area contributed by atoms with E-state index in [1.165, 1.54) is 19.2 Å². The van der Waals surface area contributed by atoms with Crippen LogP contribution >= 0.6 is 0 Å². The molecule has 82 valence electrons. The van der Waals surface area contributed by atoms with Crippen molar-refractivity contribution in [2.75, 3.05) is 7.11 Å². The van der Waals surface area contributed by atoms with E-state index in [0.29, 0.717) is 5.56 Å². The summed E-state index contributed by atoms with van der Waals surface area (Å²) in [5, 5.41) is 19.0. The van der Waals surface area contributed by atoms with Gasteiger partial charge in [-0.1, -0.05) is 12.1 Å². The quantitative estimate of drug-likeness (QED) is 0.736. The molecule has 0 amide bonds. The van der Waals surface area contributed by atoms with E-state index in [-0.39, 0.29) is 5.75 Å². The van der Waals surface area contributed by atoms with Crippen LogP contribution in [0.3, 0.4) is 0 Å². The van der Waals surface area contributed by atoms with Crippen molar-refractivity contribution in [2.45, 2.75) is 13.0 Å². The van der Waals surface area contributed by atoms with Crippen LogP contribution in [0, 0.1) is 5.92 Å². The molecule has 0 spiro atoms. The Bertz CT molecular complexity index is 348. The van der Waals surface area contributed by atoms with Crippen molar-refractivity contribution in [3.05, 3.63) is 29.8 Å². The third kappa shape index (κ3) is 2.70. The summed E-state index contributed by atoms with van der Waals surface area (Å²) < 4.78 is 4.52. The second-order valence-corrected chi connectivity index (χ2v) is 3.35. The number of benzene rings is 1. The van der Waals surface area contributed by atoms with Gasteiger partial charge in [0.2, 0.25) is 0 Å². The molecule has 0 fully saturated rings. The maximum absolute atomic E-state index is 11.2. The molecule has 0 aliphatic carbocycles. The number of rotatable bonds is 3. The lowest BCUT2D eigenvalue weighted by Crippen LogP contribution is -2.20. The molecule has 0 aromatic heterocycles. The van der Waals surface area contributed by atoms with Crippen molar-refractivity contribution in [1.82, 2.24) is 0 Å². The summed E-state index contributed by atoms with van der Waals surface area (Å²) in [5.74, 6) is -1.08. The highest BCUT2D eigenvalue weighted by molar-refractivity contribution is 5.72. The highest BCUT2D eigenvalue weighted by Gasteiger charge is 2.24. The average Bonchev–Trinajstić information content (AvgIpc) is 2.26. The van der Waals surface area contributed by atoms with Gasteiger partial charge in [0.15, 0.2) is 0 Å². The molecule has 2 atom stereocenters. The summed E-state index contributed by atoms with van der Waals surface area (Å²) in [6.45, 7) is 1.57. The molecule has 0 bridgehead atoms. The molecule has 0 radical (unpaired) electrons. The minimum absolute atomic E-state index is 0.0589. The van der Waals surface area contributed by atoms with Gasteiger partial charge in [0.25, 0.3) is 0 Å². The third-order valence-corrected chi connectivity index (χ3v) is 2.26. The molecule has 1 aromatic carbocycles. The molecule has 0 saturated carbocycles. The molecular formula is C11H14O4. The summed E-state index contributed by atoms with van der Waals surface area (Å²) in [6.07, 6.45) is -0.968. The molecule has 15 heavy (non-hydrogen) atoms. The molecule has 0 aliphatic rings. The molecule has 4 nitrogen and oxygen atoms in total. The summed E-state index contributed by atoms with van der Waals surface area (Å²) in [4.78, 5) is 11.2. The second kappa shape index (κ2) is 4.79. The molecule has 0 saturated heterocycles. The first-order chi connectivity index (χ1) is 7.06. The lowest BCUT2D eigenvalue weighted by atomic mass is 9.97. The van der Waals surface area contributed by atoms with Crippen LogP contribution in [0.5, 0.6) is 5.75 Å². The lowest BCUT2D eigenvalue weighted by molar-refractivity contribution is -0.148. The van der Waals surface area contributed by atoms with Crippen LogP contribution < -0.4 is 0 Å². The smallest absolute Gasteiger partial charge is 0.311 e. The van der Waals surface area contributed by atoms with E-state index >= 15 is 0 Å². The number of hydrogen-bond acceptors (Lipinski definition) is 4. The summed E-state index contributed by atoms with van der Waals surface area (Å²) in [6, 6.07) is 6.17. The van der Waals surface area contributed by atoms with E-state index in [9.17, 15) is 15.0 Å². The Hall–Kier alpha value is -1.55. The standard InChI is InChI=1S/C11H14O4/c1-7(11(14)15-2)10(13)8-4-3-5-9(12)6-8/h3-7,10,12-13H,1-2H3. The van der Waals surface area contributed by atoms with Gasteiger partial charge in [-0.05, 0) is 24.6 Å². The Labute approximate surface area is 88.1 Å². The minimum Gasteiger partial charge on any atom is -0.508 e. The lowest BCUT2D eigenvalue weighted by Gasteiger charge is -2.16. The number of carbonyl (C=O) groups excluding carboxylic acids is 1. The molecule has 0 heterocycles. The molecule has 1 aromatic rings. The monoisotopic (exact) mass is 210 g/mol. The number of esters is 1. The minimum atomic E-state index is -0.968. The highest BCUT2D eigenvalue weighted by Crippen LogP contribution is 2.25. The van der Waals surface area contributed by atoms with Crippen molar-refractivity contribution >= 4 is 5.97 Å². The Morgan fingerprint density at radius 1 is 1.47 bits per heavy atom. The Kier molecular flexibility index (Phi) is 3.68. The van der Waals surface area contributed by atoms with Gasteiger partial charge in [0, 0.05) is 0 Å². The van der Waals surface area contributed by atoms with Gasteiger partial charge in [-0.2, -0.15) is 0 Å². The molecule has 2 N–H and O–H groups in total. The first-order valence-corrected chi connectivity index (χ1v) is 4.61. The van der Waals surface area contributed by atoms with Crippen LogP contribution in [0.25, 0.3) is 0 Å². The molecule has 0 aliphatic heterocycles. The maximum atomic E-state index is 11.2. The van der Waals surface area contributed by atoms with Gasteiger partial charge in [0.05, 0.1) is 19.1 Å². The topological polar surface area (TPSA) is 66.8 Å². The third-order valence-electron chi connectivity index (χ3n) is 2.26. The van der Waals surface area contributed by atoms with Crippen molar-refractivity contribution in [3.8, 4) is 5.75 Å². The van der Waals surface area contributed by atoms with Crippen molar-refractivity contribution < 1.29 is 19.7 Å². The zero-order chi connectivity index (χ0) is 11.4. The fraction of sp³-hybridized carbons (Fsp3) is 0.364. The molecule has 4 heteroatoms. The Morgan fingerprint density at radius 3 is 2.67 bits per heavy atom. The number of aliphatic hydroxyl groups excluding tert-OH is 1. The van der Waals surface area contributed by atoms with Gasteiger partial charge in [-0.25, -0.2) is 0 Å². The first kappa shape index (κ1) is 11.5. The Balaban J connectivity index is 2.84. The van der Waals surface area contributed by atoms with E-state index in [2.05, 4.69) is 4.74 Å². The van der Waals surface area contributed by atoms with E-state index < -0.39 is 18.0 Å². The number of hydrogen-bond donors (Lipinski definition) is 2. The molecular weight excluding hydrogens is 196 g/mol. The van der Waals surface area contributed by atoms with Crippen molar-refractivity contribution in [2.24, 2.45) is 5.92 Å². The van der Waals surface area contributed by atoms with Gasteiger partial charge >= 0.3 is 5.97 Å². The van der Waals surface area contributed by atoms with Crippen molar-refractivity contribution in [3.63, 3.8) is 0 Å². The van der Waals surface area contributed by atoms with Crippen molar-refractivity contribution in [1.29, 1.82) is 0 Å². The summed E-state index contributed by atoms with van der Waals surface area (Å²) >= 11 is 0. The fourth-order valence-electron chi connectivity index (χ4n) is 1.31. The number of aliphatic hydroxyl groups is 1. The summed E-state index contributed by atoms with van der Waals surface area (Å²) in [7, 11) is 1.27. The fourth-order valence-corrected chi connectivity index (χ4v) is 1.31. The SMILES string of the molecule is COC(=O)C(C)C(O)c1cccc(O)c1. The highest BCUT2D eigenvalue weighted by atomic mass is 16.5. The average molecular weight is 210 g/mol. The number of phenolic OH excluding ortho intramolecular Hbond substituents is 1. The first-order valence-electron chi connectivity index (χ1n) is 4.61. The van der Waals surface area contributed by atoms with Gasteiger partial charge in [0.1, 0.15) is 5.75 Å².